The molecule has 140 valence electrons. The van der Waals surface area contributed by atoms with Crippen LogP contribution in [0, 0.1) is 0 Å². The summed E-state index contributed by atoms with van der Waals surface area (Å²) in [6.07, 6.45) is 1.51. The van der Waals surface area contributed by atoms with Crippen molar-refractivity contribution in [2.75, 3.05) is 12.3 Å². The largest absolute Gasteiger partial charge is 0.465 e. The first kappa shape index (κ1) is 18.6. The molecule has 0 amide bonds. The van der Waals surface area contributed by atoms with Gasteiger partial charge in [-0.3, -0.25) is 9.59 Å². The average molecular weight is 387 g/mol. The summed E-state index contributed by atoms with van der Waals surface area (Å²) in [4.78, 5) is 23.6. The van der Waals surface area contributed by atoms with Crippen LogP contribution >= 0.6 is 11.8 Å². The molecule has 2 N–H and O–H groups in total. The number of rotatable bonds is 7. The zero-order chi connectivity index (χ0) is 19.4. The Labute approximate surface area is 158 Å². The highest BCUT2D eigenvalue weighted by Crippen LogP contribution is 2.30. The number of carbonyl (C=O) groups is 2. The lowest BCUT2D eigenvalue weighted by Crippen LogP contribution is -2.27. The van der Waals surface area contributed by atoms with Gasteiger partial charge in [0, 0.05) is 0 Å². The number of nitrogens with two attached hydrogens (primary N) is 1. The molecule has 3 aromatic rings. The molecule has 1 aromatic carbocycles. The normalized spacial score (nSPS) is 11.9. The van der Waals surface area contributed by atoms with E-state index in [9.17, 15) is 9.59 Å². The van der Waals surface area contributed by atoms with Crippen LogP contribution in [-0.2, 0) is 14.3 Å². The van der Waals surface area contributed by atoms with E-state index in [0.29, 0.717) is 11.4 Å². The van der Waals surface area contributed by atoms with Gasteiger partial charge in [0.15, 0.2) is 11.0 Å². The molecule has 0 radical (unpaired) electrons. The van der Waals surface area contributed by atoms with Crippen molar-refractivity contribution in [1.29, 1.82) is 0 Å². The lowest BCUT2D eigenvalue weighted by atomic mass is 10.3. The van der Waals surface area contributed by atoms with Crippen LogP contribution in [0.15, 0.2) is 46.2 Å². The van der Waals surface area contributed by atoms with Gasteiger partial charge in [-0.05, 0) is 37.7 Å². The smallest absolute Gasteiger partial charge is 0.327 e. The highest BCUT2D eigenvalue weighted by molar-refractivity contribution is 8.01. The minimum Gasteiger partial charge on any atom is -0.465 e. The van der Waals surface area contributed by atoms with Gasteiger partial charge in [0.2, 0.25) is 0 Å². The maximum absolute atomic E-state index is 11.9. The summed E-state index contributed by atoms with van der Waals surface area (Å²) >= 11 is 0.837. The van der Waals surface area contributed by atoms with Crippen molar-refractivity contribution < 1.29 is 18.7 Å². The Kier molecular flexibility index (Phi) is 5.55. The van der Waals surface area contributed by atoms with Crippen LogP contribution in [0.5, 0.6) is 0 Å². The summed E-state index contributed by atoms with van der Waals surface area (Å²) in [6.45, 7) is 3.14. The predicted octanol–water partition coefficient (Wildman–Crippen LogP) is 2.12. The number of Topliss-reactive ketones (excluding diaryl/α,β-unsaturated/α-hetero) is 1. The molecular weight excluding hydrogens is 370 g/mol. The fourth-order valence-electron chi connectivity index (χ4n) is 2.28. The number of esters is 1. The highest BCUT2D eigenvalue weighted by Gasteiger charge is 2.29. The van der Waals surface area contributed by atoms with Crippen LogP contribution in [0.25, 0.3) is 17.1 Å². The molecule has 27 heavy (non-hydrogen) atoms. The minimum atomic E-state index is -1.07. The molecule has 2 heterocycles. The van der Waals surface area contributed by atoms with Crippen molar-refractivity contribution >= 4 is 29.3 Å². The van der Waals surface area contributed by atoms with Crippen LogP contribution in [-0.4, -0.2) is 43.6 Å². The number of para-hydroxylation sites is 1. The first-order valence-corrected chi connectivity index (χ1v) is 8.95. The monoisotopic (exact) mass is 387 g/mol. The van der Waals surface area contributed by atoms with E-state index in [0.717, 1.165) is 17.4 Å². The fraction of sp³-hybridized carbons (Fsp3) is 0.235. The second-order valence-corrected chi connectivity index (χ2v) is 6.48. The third-order valence-electron chi connectivity index (χ3n) is 3.53. The number of thioether (sulfide) groups is 1. The molecule has 0 unspecified atom stereocenters. The topological polar surface area (TPSA) is 126 Å². The van der Waals surface area contributed by atoms with Gasteiger partial charge in [-0.1, -0.05) is 18.2 Å². The Hall–Kier alpha value is -3.14. The first-order valence-electron chi connectivity index (χ1n) is 8.07. The lowest BCUT2D eigenvalue weighted by molar-refractivity contribution is -0.144. The number of hydrogen-bond donors (Lipinski definition) is 1. The lowest BCUT2D eigenvalue weighted by Gasteiger charge is -2.09. The summed E-state index contributed by atoms with van der Waals surface area (Å²) in [5.74, 6) is -0.543. The zero-order valence-corrected chi connectivity index (χ0v) is 15.5. The van der Waals surface area contributed by atoms with E-state index in [1.165, 1.54) is 13.1 Å². The number of anilines is 1. The molecule has 3 rings (SSSR count). The minimum absolute atomic E-state index is 0.0603. The summed E-state index contributed by atoms with van der Waals surface area (Å²) < 4.78 is 12.0. The van der Waals surface area contributed by atoms with Crippen LogP contribution in [0.4, 0.5) is 5.82 Å². The number of aromatic nitrogens is 4. The van der Waals surface area contributed by atoms with Crippen molar-refractivity contribution in [3.8, 4) is 17.1 Å². The van der Waals surface area contributed by atoms with Gasteiger partial charge in [-0.25, -0.2) is 4.68 Å². The number of benzene rings is 1. The Bertz CT molecular complexity index is 953. The molecule has 0 aliphatic rings. The molecular formula is C17H17N5O4S. The van der Waals surface area contributed by atoms with Crippen LogP contribution in [0.1, 0.15) is 13.8 Å². The van der Waals surface area contributed by atoms with Gasteiger partial charge in [0.05, 0.1) is 18.5 Å². The number of ether oxygens (including phenoxy) is 1. The van der Waals surface area contributed by atoms with E-state index in [1.807, 2.05) is 30.3 Å². The second-order valence-electron chi connectivity index (χ2n) is 5.42. The van der Waals surface area contributed by atoms with Gasteiger partial charge in [-0.15, -0.1) is 10.2 Å². The summed E-state index contributed by atoms with van der Waals surface area (Å²) in [7, 11) is 0. The zero-order valence-electron chi connectivity index (χ0n) is 14.7. The van der Waals surface area contributed by atoms with E-state index in [2.05, 4.69) is 15.3 Å². The van der Waals surface area contributed by atoms with Crippen molar-refractivity contribution in [3.63, 3.8) is 0 Å². The molecule has 0 saturated carbocycles. The number of ketones is 1. The molecule has 0 spiro atoms. The van der Waals surface area contributed by atoms with E-state index >= 15 is 0 Å². The van der Waals surface area contributed by atoms with Crippen molar-refractivity contribution in [2.45, 2.75) is 24.3 Å². The van der Waals surface area contributed by atoms with Crippen LogP contribution < -0.4 is 5.73 Å². The van der Waals surface area contributed by atoms with Gasteiger partial charge in [0.25, 0.3) is 11.1 Å². The quantitative estimate of drug-likeness (QED) is 0.368. The van der Waals surface area contributed by atoms with E-state index in [1.54, 1.807) is 11.6 Å². The Morgan fingerprint density at radius 3 is 2.70 bits per heavy atom. The number of carbonyl (C=O) groups excluding carboxylic acids is 2. The standard InChI is InChI=1S/C17H17N5O4S/c1-3-25-16(24)13(10(2)23)27-17-21-20-15(26-17)12-9-19-22(14(12)18)11-7-5-4-6-8-11/h4-9,13H,3,18H2,1-2H3/t13-/m1/s1. The molecule has 0 aliphatic heterocycles. The first-order chi connectivity index (χ1) is 13.0. The van der Waals surface area contributed by atoms with Gasteiger partial charge in [0.1, 0.15) is 11.4 Å². The number of nitrogens with zero attached hydrogens (tertiary/aromatic N) is 4. The molecule has 0 aliphatic carbocycles. The molecule has 2 aromatic heterocycles. The Balaban J connectivity index is 1.83. The molecule has 10 heteroatoms. The molecule has 0 fully saturated rings. The van der Waals surface area contributed by atoms with E-state index < -0.39 is 11.2 Å². The summed E-state index contributed by atoms with van der Waals surface area (Å²) in [5.41, 5.74) is 7.39. The summed E-state index contributed by atoms with van der Waals surface area (Å²) in [6, 6.07) is 9.35. The van der Waals surface area contributed by atoms with Crippen LogP contribution in [0.2, 0.25) is 0 Å². The number of hydrogen-bond acceptors (Lipinski definition) is 9. The van der Waals surface area contributed by atoms with E-state index in [4.69, 9.17) is 14.9 Å². The summed E-state index contributed by atoms with van der Waals surface area (Å²) in [5, 5.41) is 11.0. The van der Waals surface area contributed by atoms with Gasteiger partial charge < -0.3 is 14.9 Å². The maximum atomic E-state index is 11.9. The van der Waals surface area contributed by atoms with Crippen LogP contribution in [0.3, 0.4) is 0 Å². The third-order valence-corrected chi connectivity index (χ3v) is 4.66. The molecule has 9 nitrogen and oxygen atoms in total. The van der Waals surface area contributed by atoms with E-state index in [-0.39, 0.29) is 23.5 Å². The highest BCUT2D eigenvalue weighted by atomic mass is 32.2. The molecule has 0 saturated heterocycles. The van der Waals surface area contributed by atoms with Gasteiger partial charge in [-0.2, -0.15) is 5.10 Å². The number of nitrogen functional groups attached to an aromatic ring is 1. The fourth-order valence-corrected chi connectivity index (χ4v) is 3.03. The molecule has 1 atom stereocenters. The molecule has 0 bridgehead atoms. The van der Waals surface area contributed by atoms with Crippen molar-refractivity contribution in [3.05, 3.63) is 36.5 Å². The predicted molar refractivity (Wildman–Crippen MR) is 98.2 cm³/mol. The maximum Gasteiger partial charge on any atom is 0.327 e. The SMILES string of the molecule is CCOC(=O)[C@H](Sc1nnc(-c2cnn(-c3ccccc3)c2N)o1)C(C)=O. The third kappa shape index (κ3) is 4.00. The second kappa shape index (κ2) is 8.04. The Morgan fingerprint density at radius 1 is 1.30 bits per heavy atom. The van der Waals surface area contributed by atoms with Crippen molar-refractivity contribution in [2.24, 2.45) is 0 Å². The van der Waals surface area contributed by atoms with Gasteiger partial charge >= 0.3 is 5.97 Å². The van der Waals surface area contributed by atoms with Crippen molar-refractivity contribution in [1.82, 2.24) is 20.0 Å². The Morgan fingerprint density at radius 2 is 2.04 bits per heavy atom. The average Bonchev–Trinajstić information content (AvgIpc) is 3.26.